The second-order valence-electron chi connectivity index (χ2n) is 13.2. The number of aromatic amines is 1. The molecule has 2 atom stereocenters. The first-order chi connectivity index (χ1) is 22.9. The van der Waals surface area contributed by atoms with Crippen LogP contribution < -0.4 is 20.9 Å². The zero-order valence-corrected chi connectivity index (χ0v) is 27.9. The summed E-state index contributed by atoms with van der Waals surface area (Å²) in [4.78, 5) is 56.7. The van der Waals surface area contributed by atoms with Crippen molar-refractivity contribution in [1.82, 2.24) is 29.0 Å². The van der Waals surface area contributed by atoms with E-state index in [1.165, 1.54) is 21.3 Å². The second-order valence-corrected chi connectivity index (χ2v) is 13.2. The Morgan fingerprint density at radius 2 is 1.92 bits per heavy atom. The molecule has 4 aromatic heterocycles. The van der Waals surface area contributed by atoms with Crippen LogP contribution in [-0.2, 0) is 11.8 Å². The lowest BCUT2D eigenvalue weighted by atomic mass is 10.00. The lowest BCUT2D eigenvalue weighted by Gasteiger charge is -2.45. The molecule has 248 valence electrons. The minimum atomic E-state index is -0.611. The molecule has 1 saturated heterocycles. The highest BCUT2D eigenvalue weighted by atomic mass is 19.1. The molecule has 12 heteroatoms. The molecule has 2 aliphatic rings. The molecule has 1 fully saturated rings. The molecule has 2 unspecified atom stereocenters. The number of ether oxygens (including phenoxy) is 1. The maximum atomic E-state index is 16.8. The minimum absolute atomic E-state index is 0.0156. The fourth-order valence-corrected chi connectivity index (χ4v) is 7.35. The Hall–Kier alpha value is -5.26. The van der Waals surface area contributed by atoms with Crippen LogP contribution >= 0.6 is 0 Å². The van der Waals surface area contributed by atoms with Gasteiger partial charge in [-0.05, 0) is 62.1 Å². The molecule has 7 rings (SSSR count). The topological polar surface area (TPSA) is 118 Å². The van der Waals surface area contributed by atoms with E-state index in [1.54, 1.807) is 24.2 Å². The highest BCUT2D eigenvalue weighted by molar-refractivity contribution is 5.99. The molecule has 1 aromatic carbocycles. The van der Waals surface area contributed by atoms with Crippen molar-refractivity contribution >= 4 is 33.7 Å². The monoisotopic (exact) mass is 651 g/mol. The number of imidazole rings is 1. The Morgan fingerprint density at radius 3 is 2.65 bits per heavy atom. The Labute approximate surface area is 276 Å². The first kappa shape index (κ1) is 31.3. The number of hydrogen-bond acceptors (Lipinski definition) is 7. The Bertz CT molecular complexity index is 2290. The van der Waals surface area contributed by atoms with Gasteiger partial charge in [-0.1, -0.05) is 26.5 Å². The van der Waals surface area contributed by atoms with E-state index in [0.717, 1.165) is 5.56 Å². The van der Waals surface area contributed by atoms with E-state index >= 15 is 4.39 Å². The van der Waals surface area contributed by atoms with Crippen LogP contribution in [0.25, 0.3) is 39.0 Å². The average Bonchev–Trinajstić information content (AvgIpc) is 3.21. The fourth-order valence-electron chi connectivity index (χ4n) is 7.35. The van der Waals surface area contributed by atoms with E-state index in [0.29, 0.717) is 64.1 Å². The highest BCUT2D eigenvalue weighted by Crippen LogP contribution is 2.42. The summed E-state index contributed by atoms with van der Waals surface area (Å²) in [5, 5.41) is 0.402. The fraction of sp³-hybridized carbons (Fsp3) is 0.361. The summed E-state index contributed by atoms with van der Waals surface area (Å²) in [7, 11) is 1.63. The van der Waals surface area contributed by atoms with Crippen molar-refractivity contribution in [2.75, 3.05) is 24.6 Å². The molecule has 0 radical (unpaired) electrons. The minimum Gasteiger partial charge on any atom is -0.486 e. The summed E-state index contributed by atoms with van der Waals surface area (Å²) in [5.74, 6) is -0.714. The first-order valence-electron chi connectivity index (χ1n) is 16.2. The Kier molecular flexibility index (Phi) is 7.49. The van der Waals surface area contributed by atoms with Gasteiger partial charge in [-0.3, -0.25) is 23.7 Å². The van der Waals surface area contributed by atoms with Crippen molar-refractivity contribution in [3.8, 4) is 22.7 Å². The second kappa shape index (κ2) is 11.5. The molecule has 6 heterocycles. The number of rotatable bonds is 4. The molecule has 1 N–H and O–H groups in total. The van der Waals surface area contributed by atoms with Gasteiger partial charge in [0.05, 0.1) is 40.8 Å². The predicted molar refractivity (Wildman–Crippen MR) is 184 cm³/mol. The van der Waals surface area contributed by atoms with Gasteiger partial charge in [0.15, 0.2) is 5.65 Å². The molecule has 48 heavy (non-hydrogen) atoms. The number of hydrogen-bond donors (Lipinski definition) is 1. The normalized spacial score (nSPS) is 17.8. The summed E-state index contributed by atoms with van der Waals surface area (Å²) in [6.07, 6.45) is 3.57. The highest BCUT2D eigenvalue weighted by Gasteiger charge is 2.39. The van der Waals surface area contributed by atoms with Crippen LogP contribution in [0.5, 0.6) is 5.75 Å². The predicted octanol–water partition coefficient (Wildman–Crippen LogP) is 4.88. The van der Waals surface area contributed by atoms with Gasteiger partial charge in [0.2, 0.25) is 11.7 Å². The summed E-state index contributed by atoms with van der Waals surface area (Å²) in [6, 6.07) is 6.46. The number of pyridine rings is 3. The van der Waals surface area contributed by atoms with Gasteiger partial charge in [-0.25, -0.2) is 14.2 Å². The van der Waals surface area contributed by atoms with Gasteiger partial charge in [-0.2, -0.15) is 0 Å². The molecule has 1 amide bonds. The van der Waals surface area contributed by atoms with Crippen LogP contribution in [0.2, 0.25) is 0 Å². The summed E-state index contributed by atoms with van der Waals surface area (Å²) in [6.45, 7) is 14.4. The molecule has 0 saturated carbocycles. The summed E-state index contributed by atoms with van der Waals surface area (Å²) >= 11 is 0. The van der Waals surface area contributed by atoms with Crippen LogP contribution in [0, 0.1) is 19.7 Å². The van der Waals surface area contributed by atoms with Crippen molar-refractivity contribution in [1.29, 1.82) is 0 Å². The molecular weight excluding hydrogens is 613 g/mol. The third-order valence-corrected chi connectivity index (χ3v) is 9.75. The third-order valence-electron chi connectivity index (χ3n) is 9.75. The van der Waals surface area contributed by atoms with Crippen molar-refractivity contribution in [2.24, 2.45) is 7.05 Å². The zero-order chi connectivity index (χ0) is 34.2. The number of anilines is 1. The number of H-pyrrole nitrogens is 1. The standard InChI is InChI=1S/C36H38FN7O4/c1-8-26(45)42-17-22-12-14-48-33-31(43(22)16-21(42)6)23-15-24(37)29(27-19(4)9-10-25-32(27)41(7)36(47)39-25)40-34(23)44(35(33)46)30-20(5)11-13-38-28(30)18(2)3/h8-11,13,15,18,21-22H,1,12,14,16-17H2,2-7H3,(H,39,47). The van der Waals surface area contributed by atoms with E-state index in [2.05, 4.69) is 21.4 Å². The maximum absolute atomic E-state index is 16.8. The van der Waals surface area contributed by atoms with Crippen LogP contribution in [0.1, 0.15) is 49.9 Å². The number of carbonyl (C=O) groups excluding carboxylic acids is 1. The van der Waals surface area contributed by atoms with Crippen LogP contribution in [0.15, 0.2) is 52.7 Å². The van der Waals surface area contributed by atoms with E-state index in [1.807, 2.05) is 46.8 Å². The van der Waals surface area contributed by atoms with Gasteiger partial charge < -0.3 is 19.5 Å². The Morgan fingerprint density at radius 1 is 1.15 bits per heavy atom. The number of nitrogens with zero attached hydrogens (tertiary/aromatic N) is 6. The van der Waals surface area contributed by atoms with Crippen molar-refractivity contribution in [3.05, 3.63) is 86.6 Å². The van der Waals surface area contributed by atoms with E-state index < -0.39 is 11.4 Å². The molecule has 0 bridgehead atoms. The smallest absolute Gasteiger partial charge is 0.326 e. The molecular formula is C36H38FN7O4. The SMILES string of the molecule is C=CC(=O)N1CC2CCOc3c(c4cc(F)c(-c5c(C)ccc6[nH]c(=O)n(C)c56)nc4n(-c4c(C)ccnc4C(C)C)c3=O)N2CC1C. The number of aryl methyl sites for hydroxylation is 3. The van der Waals surface area contributed by atoms with Crippen LogP contribution in [0.4, 0.5) is 10.1 Å². The molecule has 0 spiro atoms. The molecule has 5 aromatic rings. The number of carbonyl (C=O) groups is 1. The number of fused-ring (bicyclic) bond motifs is 6. The lowest BCUT2D eigenvalue weighted by Crippen LogP contribution is -2.59. The zero-order valence-electron chi connectivity index (χ0n) is 27.9. The third kappa shape index (κ3) is 4.64. The lowest BCUT2D eigenvalue weighted by molar-refractivity contribution is -0.128. The van der Waals surface area contributed by atoms with Gasteiger partial charge in [0.25, 0.3) is 0 Å². The number of halogens is 1. The molecule has 11 nitrogen and oxygen atoms in total. The molecule has 2 aliphatic heterocycles. The number of piperazine rings is 1. The van der Waals surface area contributed by atoms with Gasteiger partial charge in [0.1, 0.15) is 11.5 Å². The van der Waals surface area contributed by atoms with Crippen molar-refractivity contribution in [3.63, 3.8) is 0 Å². The number of nitrogens with one attached hydrogen (secondary N) is 1. The maximum Gasteiger partial charge on any atom is 0.326 e. The van der Waals surface area contributed by atoms with Crippen LogP contribution in [-0.4, -0.2) is 66.7 Å². The number of amides is 1. The van der Waals surface area contributed by atoms with Crippen molar-refractivity contribution < 1.29 is 13.9 Å². The quantitative estimate of drug-likeness (QED) is 0.275. The summed E-state index contributed by atoms with van der Waals surface area (Å²) < 4.78 is 26.0. The Balaban J connectivity index is 1.60. The van der Waals surface area contributed by atoms with Gasteiger partial charge in [-0.15, -0.1) is 0 Å². The number of benzene rings is 1. The summed E-state index contributed by atoms with van der Waals surface area (Å²) in [5.41, 5.74) is 4.23. The first-order valence-corrected chi connectivity index (χ1v) is 16.2. The molecule has 0 aliphatic carbocycles. The van der Waals surface area contributed by atoms with Gasteiger partial charge in [0, 0.05) is 49.7 Å². The van der Waals surface area contributed by atoms with E-state index in [4.69, 9.17) is 9.72 Å². The average molecular weight is 652 g/mol. The van der Waals surface area contributed by atoms with Crippen LogP contribution in [0.3, 0.4) is 0 Å². The largest absolute Gasteiger partial charge is 0.486 e. The van der Waals surface area contributed by atoms with Crippen molar-refractivity contribution in [2.45, 2.75) is 59.0 Å². The van der Waals surface area contributed by atoms with E-state index in [9.17, 15) is 14.4 Å². The van der Waals surface area contributed by atoms with E-state index in [-0.39, 0.29) is 53.3 Å². The number of aromatic nitrogens is 5. The van der Waals surface area contributed by atoms with Gasteiger partial charge >= 0.3 is 11.2 Å².